The molecule has 0 amide bonds. The van der Waals surface area contributed by atoms with Gasteiger partial charge in [0.25, 0.3) is 0 Å². The Kier molecular flexibility index (Phi) is 9.20. The molecule has 36 heavy (non-hydrogen) atoms. The molecule has 0 saturated heterocycles. The van der Waals surface area contributed by atoms with Crippen LogP contribution in [-0.2, 0) is 13.6 Å². The van der Waals surface area contributed by atoms with Gasteiger partial charge >= 0.3 is 0 Å². The molecule has 0 bridgehead atoms. The monoisotopic (exact) mass is 532 g/mol. The number of hydrogen-bond acceptors (Lipinski definition) is 3. The Morgan fingerprint density at radius 1 is 0.917 bits per heavy atom. The third kappa shape index (κ3) is 6.24. The molecule has 206 valence electrons. The van der Waals surface area contributed by atoms with Crippen molar-refractivity contribution in [3.8, 4) is 11.8 Å². The molecule has 0 aromatic carbocycles. The van der Waals surface area contributed by atoms with Crippen molar-refractivity contribution in [2.75, 3.05) is 0 Å². The van der Waals surface area contributed by atoms with Crippen molar-refractivity contribution in [3.63, 3.8) is 0 Å². The quantitative estimate of drug-likeness (QED) is 0.243. The Hall–Kier alpha value is -0.416. The minimum Gasteiger partial charge on any atom is -0.413 e. The molecule has 0 heterocycles. The Balaban J connectivity index is 1.95. The summed E-state index contributed by atoms with van der Waals surface area (Å²) >= 11 is 0. The van der Waals surface area contributed by atoms with Gasteiger partial charge in [0.15, 0.2) is 16.6 Å². The normalized spacial score (nSPS) is 30.9. The summed E-state index contributed by atoms with van der Waals surface area (Å²) in [6.07, 6.45) is 9.21. The van der Waals surface area contributed by atoms with Crippen molar-refractivity contribution >= 4 is 22.4 Å². The number of carbonyl (C=O) groups is 1. The average molecular weight is 533 g/mol. The van der Waals surface area contributed by atoms with Crippen LogP contribution in [0.1, 0.15) is 99.8 Å². The van der Waals surface area contributed by atoms with E-state index in [1.54, 1.807) is 0 Å². The molecular weight excluding hydrogens is 477 g/mol. The zero-order valence-corrected chi connectivity index (χ0v) is 27.4. The van der Waals surface area contributed by atoms with Crippen LogP contribution in [0.15, 0.2) is 0 Å². The van der Waals surface area contributed by atoms with Gasteiger partial charge < -0.3 is 8.85 Å². The number of fused-ring (bicyclic) bond motifs is 1. The van der Waals surface area contributed by atoms with Crippen LogP contribution in [0, 0.1) is 41.4 Å². The van der Waals surface area contributed by atoms with E-state index in [4.69, 9.17) is 8.85 Å². The predicted molar refractivity (Wildman–Crippen MR) is 157 cm³/mol. The van der Waals surface area contributed by atoms with Gasteiger partial charge in [0.1, 0.15) is 11.9 Å². The highest BCUT2D eigenvalue weighted by molar-refractivity contribution is 6.74. The zero-order chi connectivity index (χ0) is 27.1. The van der Waals surface area contributed by atoms with Crippen LogP contribution < -0.4 is 0 Å². The number of carbonyl (C=O) groups excluding carboxylic acids is 1. The molecular formula is C31H56O3Si2. The SMILES string of the molecule is CCCC1C(=O)[C@@H]2CC[C@H](O[Si](C)(C)C(C)(C)C)[C@@H](C#C[C@@H](O[Si](C)(C)C(C)(C)C)C3CCCC3)[C@H]12. The third-order valence-corrected chi connectivity index (χ3v) is 19.5. The second-order valence-electron chi connectivity index (χ2n) is 15.1. The van der Waals surface area contributed by atoms with Crippen molar-refractivity contribution in [2.45, 2.75) is 148 Å². The maximum absolute atomic E-state index is 13.0. The third-order valence-electron chi connectivity index (χ3n) is 10.5. The summed E-state index contributed by atoms with van der Waals surface area (Å²) < 4.78 is 14.1. The second kappa shape index (κ2) is 11.0. The molecule has 5 heteroatoms. The Labute approximate surface area is 225 Å². The van der Waals surface area contributed by atoms with E-state index in [2.05, 4.69) is 86.5 Å². The molecule has 6 atom stereocenters. The smallest absolute Gasteiger partial charge is 0.193 e. The van der Waals surface area contributed by atoms with Crippen molar-refractivity contribution < 1.29 is 13.6 Å². The van der Waals surface area contributed by atoms with E-state index >= 15 is 0 Å². The minimum absolute atomic E-state index is 0.0164. The number of ketones is 1. The molecule has 3 aliphatic rings. The Morgan fingerprint density at radius 2 is 1.50 bits per heavy atom. The number of hydrogen-bond donors (Lipinski definition) is 0. The predicted octanol–water partition coefficient (Wildman–Crippen LogP) is 8.60. The topological polar surface area (TPSA) is 35.5 Å². The van der Waals surface area contributed by atoms with E-state index in [1.807, 2.05) is 0 Å². The standard InChI is InChI=1S/C31H56O3Si2/c1-12-15-24-28-23(27(21-19-25(28)29(24)32)34-36(10,11)31(5,6)7)18-20-26(22-16-13-14-17-22)33-35(8,9)30(2,3)4/h22-28H,12-17,19,21H2,1-11H3/t23-,24?,25-,26-,27+,28-/m1/s1. The van der Waals surface area contributed by atoms with Gasteiger partial charge in [-0.05, 0) is 80.2 Å². The molecule has 3 rings (SSSR count). The Bertz CT molecular complexity index is 833. The molecule has 0 N–H and O–H groups in total. The van der Waals surface area contributed by atoms with Crippen LogP contribution >= 0.6 is 0 Å². The highest BCUT2D eigenvalue weighted by Gasteiger charge is 2.57. The van der Waals surface area contributed by atoms with Crippen molar-refractivity contribution in [1.82, 2.24) is 0 Å². The van der Waals surface area contributed by atoms with Gasteiger partial charge in [0.05, 0.1) is 6.10 Å². The van der Waals surface area contributed by atoms with Gasteiger partial charge in [0.2, 0.25) is 0 Å². The van der Waals surface area contributed by atoms with Crippen molar-refractivity contribution in [2.24, 2.45) is 29.6 Å². The summed E-state index contributed by atoms with van der Waals surface area (Å²) in [6.45, 7) is 25.6. The summed E-state index contributed by atoms with van der Waals surface area (Å²) in [5, 5.41) is 0.333. The van der Waals surface area contributed by atoms with Crippen LogP contribution in [-0.4, -0.2) is 34.6 Å². The van der Waals surface area contributed by atoms with Gasteiger partial charge in [-0.25, -0.2) is 0 Å². The van der Waals surface area contributed by atoms with Gasteiger partial charge in [-0.3, -0.25) is 4.79 Å². The summed E-state index contributed by atoms with van der Waals surface area (Å²) in [7, 11) is -3.88. The minimum atomic E-state index is -1.94. The second-order valence-corrected chi connectivity index (χ2v) is 24.6. The fourth-order valence-corrected chi connectivity index (χ4v) is 8.74. The first-order valence-electron chi connectivity index (χ1n) is 14.9. The van der Waals surface area contributed by atoms with Crippen molar-refractivity contribution in [3.05, 3.63) is 0 Å². The molecule has 3 nitrogen and oxygen atoms in total. The van der Waals surface area contributed by atoms with Crippen molar-refractivity contribution in [1.29, 1.82) is 0 Å². The lowest BCUT2D eigenvalue weighted by atomic mass is 9.52. The first-order chi connectivity index (χ1) is 16.5. The summed E-state index contributed by atoms with van der Waals surface area (Å²) in [4.78, 5) is 13.0. The maximum atomic E-state index is 13.0. The number of rotatable bonds is 7. The van der Waals surface area contributed by atoms with E-state index in [1.165, 1.54) is 25.7 Å². The van der Waals surface area contributed by atoms with E-state index in [0.29, 0.717) is 17.6 Å². The van der Waals surface area contributed by atoms with Gasteiger partial charge in [-0.1, -0.05) is 79.6 Å². The fraction of sp³-hybridized carbons (Fsp3) is 0.903. The lowest BCUT2D eigenvalue weighted by Crippen LogP contribution is -2.58. The average Bonchev–Trinajstić information content (AvgIpc) is 3.28. The molecule has 3 fully saturated rings. The van der Waals surface area contributed by atoms with Crippen LogP contribution in [0.3, 0.4) is 0 Å². The first kappa shape index (κ1) is 30.1. The van der Waals surface area contributed by atoms with Gasteiger partial charge in [0, 0.05) is 17.8 Å². The summed E-state index contributed by atoms with van der Waals surface area (Å²) in [5.41, 5.74) is 0. The largest absolute Gasteiger partial charge is 0.413 e. The summed E-state index contributed by atoms with van der Waals surface area (Å²) in [6, 6.07) is 0. The van der Waals surface area contributed by atoms with Gasteiger partial charge in [-0.2, -0.15) is 0 Å². The molecule has 1 unspecified atom stereocenters. The van der Waals surface area contributed by atoms with Crippen LogP contribution in [0.2, 0.25) is 36.3 Å². The molecule has 0 aliphatic heterocycles. The molecule has 0 radical (unpaired) electrons. The van der Waals surface area contributed by atoms with Gasteiger partial charge in [-0.15, -0.1) is 0 Å². The van der Waals surface area contributed by atoms with E-state index in [9.17, 15) is 4.79 Å². The molecule has 0 spiro atoms. The number of Topliss-reactive ketones (excluding diaryl/α,β-unsaturated/α-hetero) is 1. The lowest BCUT2D eigenvalue weighted by molar-refractivity contribution is -0.153. The van der Waals surface area contributed by atoms with Crippen LogP contribution in [0.5, 0.6) is 0 Å². The molecule has 0 aromatic heterocycles. The van der Waals surface area contributed by atoms with E-state index < -0.39 is 16.6 Å². The summed E-state index contributed by atoms with van der Waals surface area (Å²) in [5.74, 6) is 9.53. The lowest BCUT2D eigenvalue weighted by Gasteiger charge is -2.53. The van der Waals surface area contributed by atoms with E-state index in [-0.39, 0.29) is 40.0 Å². The fourth-order valence-electron chi connectivity index (χ4n) is 6.12. The highest BCUT2D eigenvalue weighted by atomic mass is 28.4. The van der Waals surface area contributed by atoms with E-state index in [0.717, 1.165) is 25.7 Å². The maximum Gasteiger partial charge on any atom is 0.193 e. The van der Waals surface area contributed by atoms with Crippen LogP contribution in [0.4, 0.5) is 0 Å². The Morgan fingerprint density at radius 3 is 2.03 bits per heavy atom. The zero-order valence-electron chi connectivity index (χ0n) is 25.4. The van der Waals surface area contributed by atoms with Crippen LogP contribution in [0.25, 0.3) is 0 Å². The highest BCUT2D eigenvalue weighted by Crippen LogP contribution is 2.53. The molecule has 3 saturated carbocycles. The first-order valence-corrected chi connectivity index (χ1v) is 20.7. The molecule has 0 aromatic rings. The molecule has 3 aliphatic carbocycles.